The van der Waals surface area contributed by atoms with Crippen LogP contribution in [0.4, 0.5) is 0 Å². The van der Waals surface area contributed by atoms with Gasteiger partial charge in [-0.05, 0) is 35.1 Å². The standard InChI is InChI=1S/C34H39N5O5/c1-21(2)30(33(42)38-29(34(43)44)18-23-13-7-4-8-14-23)39-32(41)28(19-24-20-36-27-16-10-9-15-25(24)27)37-31(40)26(35)17-22-11-5-3-6-12-22/h3-16,20-21,26,28-30,36H,17-19,35H2,1-2H3,(H,37,40)(H,38,42)(H,39,41)(H,43,44). The lowest BCUT2D eigenvalue weighted by Crippen LogP contribution is -2.59. The summed E-state index contributed by atoms with van der Waals surface area (Å²) in [6.45, 7) is 3.50. The predicted octanol–water partition coefficient (Wildman–Crippen LogP) is 2.72. The average molecular weight is 598 g/mol. The van der Waals surface area contributed by atoms with Gasteiger partial charge < -0.3 is 31.8 Å². The first-order valence-corrected chi connectivity index (χ1v) is 14.6. The van der Waals surface area contributed by atoms with E-state index in [4.69, 9.17) is 5.73 Å². The van der Waals surface area contributed by atoms with Crippen molar-refractivity contribution in [3.63, 3.8) is 0 Å². The molecule has 3 amide bonds. The van der Waals surface area contributed by atoms with Crippen molar-refractivity contribution < 1.29 is 24.3 Å². The second-order valence-electron chi connectivity index (χ2n) is 11.2. The number of benzene rings is 3. The fourth-order valence-corrected chi connectivity index (χ4v) is 5.07. The molecule has 0 fully saturated rings. The molecule has 230 valence electrons. The van der Waals surface area contributed by atoms with Gasteiger partial charge in [0.15, 0.2) is 0 Å². The Bertz CT molecular complexity index is 1570. The van der Waals surface area contributed by atoms with Gasteiger partial charge in [-0.1, -0.05) is 92.7 Å². The van der Waals surface area contributed by atoms with Crippen molar-refractivity contribution in [2.24, 2.45) is 11.7 Å². The number of carbonyl (C=O) groups excluding carboxylic acids is 3. The number of fused-ring (bicyclic) bond motifs is 1. The highest BCUT2D eigenvalue weighted by Crippen LogP contribution is 2.19. The molecular formula is C34H39N5O5. The van der Waals surface area contributed by atoms with Crippen LogP contribution in [0.15, 0.2) is 91.1 Å². The summed E-state index contributed by atoms with van der Waals surface area (Å²) in [5.41, 5.74) is 9.55. The highest BCUT2D eigenvalue weighted by molar-refractivity contribution is 5.95. The van der Waals surface area contributed by atoms with Crippen molar-refractivity contribution in [1.82, 2.24) is 20.9 Å². The molecule has 3 aromatic carbocycles. The zero-order valence-corrected chi connectivity index (χ0v) is 24.8. The molecule has 0 spiro atoms. The van der Waals surface area contributed by atoms with Crippen LogP contribution < -0.4 is 21.7 Å². The van der Waals surface area contributed by atoms with Crippen LogP contribution >= 0.6 is 0 Å². The largest absolute Gasteiger partial charge is 0.480 e. The van der Waals surface area contributed by atoms with Crippen molar-refractivity contribution in [3.05, 3.63) is 108 Å². The average Bonchev–Trinajstić information content (AvgIpc) is 3.42. The fourth-order valence-electron chi connectivity index (χ4n) is 5.07. The van der Waals surface area contributed by atoms with Gasteiger partial charge in [-0.25, -0.2) is 4.79 Å². The van der Waals surface area contributed by atoms with E-state index in [0.29, 0.717) is 0 Å². The number of carbonyl (C=O) groups is 4. The molecule has 7 N–H and O–H groups in total. The summed E-state index contributed by atoms with van der Waals surface area (Å²) in [7, 11) is 0. The SMILES string of the molecule is CC(C)C(NC(=O)C(Cc1c[nH]c2ccccc12)NC(=O)C(N)Cc1ccccc1)C(=O)NC(Cc1ccccc1)C(=O)O. The summed E-state index contributed by atoms with van der Waals surface area (Å²) in [6, 6.07) is 21.7. The maximum Gasteiger partial charge on any atom is 0.326 e. The van der Waals surface area contributed by atoms with Gasteiger partial charge in [-0.15, -0.1) is 0 Å². The predicted molar refractivity (Wildman–Crippen MR) is 169 cm³/mol. The van der Waals surface area contributed by atoms with Gasteiger partial charge in [0.1, 0.15) is 18.1 Å². The number of hydrogen-bond acceptors (Lipinski definition) is 5. The quantitative estimate of drug-likeness (QED) is 0.131. The maximum absolute atomic E-state index is 13.8. The summed E-state index contributed by atoms with van der Waals surface area (Å²) < 4.78 is 0. The van der Waals surface area contributed by atoms with Gasteiger partial charge in [-0.3, -0.25) is 14.4 Å². The van der Waals surface area contributed by atoms with Gasteiger partial charge in [0, 0.05) is 29.9 Å². The first-order chi connectivity index (χ1) is 21.1. The van der Waals surface area contributed by atoms with Crippen LogP contribution in [0, 0.1) is 5.92 Å². The molecule has 10 heteroatoms. The molecule has 10 nitrogen and oxygen atoms in total. The van der Waals surface area contributed by atoms with Crippen molar-refractivity contribution in [3.8, 4) is 0 Å². The van der Waals surface area contributed by atoms with Crippen LogP contribution in [0.25, 0.3) is 10.9 Å². The Labute approximate surface area is 256 Å². The van der Waals surface area contributed by atoms with Crippen LogP contribution in [0.3, 0.4) is 0 Å². The van der Waals surface area contributed by atoms with Gasteiger partial charge in [0.25, 0.3) is 0 Å². The number of aromatic amines is 1. The minimum Gasteiger partial charge on any atom is -0.480 e. The molecule has 4 atom stereocenters. The summed E-state index contributed by atoms with van der Waals surface area (Å²) in [5.74, 6) is -3.29. The number of aromatic nitrogens is 1. The number of carboxylic acids is 1. The van der Waals surface area contributed by atoms with Gasteiger partial charge >= 0.3 is 5.97 Å². The zero-order valence-electron chi connectivity index (χ0n) is 24.8. The minimum atomic E-state index is -1.19. The molecule has 1 aromatic heterocycles. The third-order valence-electron chi connectivity index (χ3n) is 7.51. The number of rotatable bonds is 14. The topological polar surface area (TPSA) is 166 Å². The summed E-state index contributed by atoms with van der Waals surface area (Å²) in [5, 5.41) is 18.8. The van der Waals surface area contributed by atoms with Crippen LogP contribution in [-0.4, -0.2) is 57.9 Å². The molecular weight excluding hydrogens is 558 g/mol. The normalized spacial score (nSPS) is 13.9. The Balaban J connectivity index is 1.52. The first kappa shape index (κ1) is 32.0. The minimum absolute atomic E-state index is 0.0826. The van der Waals surface area contributed by atoms with E-state index >= 15 is 0 Å². The third-order valence-corrected chi connectivity index (χ3v) is 7.51. The fraction of sp³-hybridized carbons (Fsp3) is 0.294. The second-order valence-corrected chi connectivity index (χ2v) is 11.2. The smallest absolute Gasteiger partial charge is 0.326 e. The van der Waals surface area contributed by atoms with E-state index in [1.165, 1.54) is 0 Å². The number of para-hydroxylation sites is 1. The van der Waals surface area contributed by atoms with E-state index in [-0.39, 0.29) is 25.2 Å². The molecule has 4 unspecified atom stereocenters. The molecule has 1 heterocycles. The Hall–Kier alpha value is -4.96. The number of nitrogens with one attached hydrogen (secondary N) is 4. The molecule has 0 bridgehead atoms. The molecule has 0 aliphatic heterocycles. The van der Waals surface area contributed by atoms with E-state index in [2.05, 4.69) is 20.9 Å². The van der Waals surface area contributed by atoms with Gasteiger partial charge in [0.2, 0.25) is 17.7 Å². The Kier molecular flexibility index (Phi) is 10.9. The van der Waals surface area contributed by atoms with Crippen LogP contribution in [0.5, 0.6) is 0 Å². The monoisotopic (exact) mass is 597 g/mol. The number of hydrogen-bond donors (Lipinski definition) is 6. The van der Waals surface area contributed by atoms with E-state index in [1.54, 1.807) is 44.3 Å². The lowest BCUT2D eigenvalue weighted by Gasteiger charge is -2.27. The zero-order chi connectivity index (χ0) is 31.6. The third kappa shape index (κ3) is 8.54. The molecule has 0 saturated carbocycles. The Morgan fingerprint density at radius 2 is 1.27 bits per heavy atom. The molecule has 4 rings (SSSR count). The van der Waals surface area contributed by atoms with Crippen LogP contribution in [0.1, 0.15) is 30.5 Å². The van der Waals surface area contributed by atoms with Crippen molar-refractivity contribution in [2.75, 3.05) is 0 Å². The molecule has 0 aliphatic rings. The lowest BCUT2D eigenvalue weighted by atomic mass is 9.99. The number of aliphatic carboxylic acids is 1. The highest BCUT2D eigenvalue weighted by atomic mass is 16.4. The number of nitrogens with two attached hydrogens (primary N) is 1. The van der Waals surface area contributed by atoms with Gasteiger partial charge in [0.05, 0.1) is 6.04 Å². The Morgan fingerprint density at radius 1 is 0.705 bits per heavy atom. The summed E-state index contributed by atoms with van der Waals surface area (Å²) in [6.07, 6.45) is 2.29. The van der Waals surface area contributed by atoms with Crippen molar-refractivity contribution in [2.45, 2.75) is 57.3 Å². The van der Waals surface area contributed by atoms with Gasteiger partial charge in [-0.2, -0.15) is 0 Å². The Morgan fingerprint density at radius 3 is 1.89 bits per heavy atom. The van der Waals surface area contributed by atoms with Crippen molar-refractivity contribution in [1.29, 1.82) is 0 Å². The highest BCUT2D eigenvalue weighted by Gasteiger charge is 2.32. The first-order valence-electron chi connectivity index (χ1n) is 14.6. The second kappa shape index (κ2) is 15.0. The summed E-state index contributed by atoms with van der Waals surface area (Å²) >= 11 is 0. The summed E-state index contributed by atoms with van der Waals surface area (Å²) in [4.78, 5) is 55.6. The van der Waals surface area contributed by atoms with Crippen LogP contribution in [0.2, 0.25) is 0 Å². The molecule has 4 aromatic rings. The number of carboxylic acid groups (broad SMARTS) is 1. The molecule has 0 saturated heterocycles. The van der Waals surface area contributed by atoms with Crippen molar-refractivity contribution >= 4 is 34.6 Å². The molecule has 44 heavy (non-hydrogen) atoms. The maximum atomic E-state index is 13.8. The van der Waals surface area contributed by atoms with Crippen LogP contribution in [-0.2, 0) is 38.4 Å². The van der Waals surface area contributed by atoms with E-state index in [1.807, 2.05) is 60.7 Å². The number of amides is 3. The van der Waals surface area contributed by atoms with E-state index < -0.39 is 47.9 Å². The molecule has 0 aliphatic carbocycles. The number of H-pyrrole nitrogens is 1. The van der Waals surface area contributed by atoms with E-state index in [9.17, 15) is 24.3 Å². The molecule has 0 radical (unpaired) electrons. The van der Waals surface area contributed by atoms with E-state index in [0.717, 1.165) is 27.6 Å². The lowest BCUT2D eigenvalue weighted by molar-refractivity contribution is -0.142.